The molecule has 0 bridgehead atoms. The van der Waals surface area contributed by atoms with Crippen molar-refractivity contribution in [3.05, 3.63) is 24.3 Å². The highest BCUT2D eigenvalue weighted by Crippen LogP contribution is 2.10. The van der Waals surface area contributed by atoms with Crippen molar-refractivity contribution in [1.29, 1.82) is 0 Å². The minimum absolute atomic E-state index is 1.18. The van der Waals surface area contributed by atoms with Gasteiger partial charge in [0.1, 0.15) is 12.4 Å². The number of nitrogens with zero attached hydrogens (tertiary/aromatic N) is 1. The predicted octanol–water partition coefficient (Wildman–Crippen LogP) is 5.00. The molecule has 1 rings (SSSR count). The van der Waals surface area contributed by atoms with E-state index in [0.29, 0.717) is 0 Å². The van der Waals surface area contributed by atoms with E-state index in [-0.39, 0.29) is 0 Å². The summed E-state index contributed by atoms with van der Waals surface area (Å²) in [5.41, 5.74) is 0. The quantitative estimate of drug-likeness (QED) is 0.428. The van der Waals surface area contributed by atoms with Crippen molar-refractivity contribution < 1.29 is 4.57 Å². The number of hydrogen-bond donors (Lipinski definition) is 1. The second kappa shape index (κ2) is 10.8. The van der Waals surface area contributed by atoms with Crippen molar-refractivity contribution in [1.82, 2.24) is 4.98 Å². The van der Waals surface area contributed by atoms with E-state index in [1.165, 1.54) is 70.0 Å². The highest BCUT2D eigenvalue weighted by atomic mass is 15.0. The number of H-pyrrole nitrogens is 1. The molecule has 0 radical (unpaired) electrons. The van der Waals surface area contributed by atoms with E-state index >= 15 is 0 Å². The molecule has 1 aromatic heterocycles. The molecule has 0 aliphatic heterocycles. The average molecular weight is 263 g/mol. The van der Waals surface area contributed by atoms with Crippen LogP contribution in [0.3, 0.4) is 0 Å². The standard InChI is InChI=1S/C17H30N2/c1-3-4-5-6-7-8-9-10-11-12-13-15-19-16-14-18-17(19)2/h13-16H,3-12H2,1-2H3/p+1. The first kappa shape index (κ1) is 16.0. The van der Waals surface area contributed by atoms with Crippen LogP contribution in [0.4, 0.5) is 0 Å². The number of aryl methyl sites for hydroxylation is 1. The van der Waals surface area contributed by atoms with E-state index in [4.69, 9.17) is 0 Å². The molecule has 19 heavy (non-hydrogen) atoms. The molecule has 0 aromatic carbocycles. The van der Waals surface area contributed by atoms with Crippen molar-refractivity contribution in [2.45, 2.75) is 78.1 Å². The number of unbranched alkanes of at least 4 members (excludes halogenated alkanes) is 9. The van der Waals surface area contributed by atoms with E-state index in [9.17, 15) is 0 Å². The lowest BCUT2D eigenvalue weighted by atomic mass is 10.1. The Kier molecular flexibility index (Phi) is 9.13. The largest absolute Gasteiger partial charge is 0.255 e. The number of imidazole rings is 1. The van der Waals surface area contributed by atoms with Crippen LogP contribution in [0.15, 0.2) is 18.5 Å². The maximum atomic E-state index is 3.17. The lowest BCUT2D eigenvalue weighted by Crippen LogP contribution is -2.26. The SMILES string of the molecule is CCCCCCCCCCCC=C[n+]1cc[nH]c1C. The van der Waals surface area contributed by atoms with Gasteiger partial charge in [-0.1, -0.05) is 58.3 Å². The zero-order valence-electron chi connectivity index (χ0n) is 12.8. The summed E-state index contributed by atoms with van der Waals surface area (Å²) in [4.78, 5) is 3.17. The Balaban J connectivity index is 1.89. The summed E-state index contributed by atoms with van der Waals surface area (Å²) < 4.78 is 2.13. The van der Waals surface area contributed by atoms with E-state index in [1.807, 2.05) is 6.20 Å². The molecule has 0 amide bonds. The van der Waals surface area contributed by atoms with Gasteiger partial charge in [0.15, 0.2) is 0 Å². The van der Waals surface area contributed by atoms with Crippen LogP contribution in [-0.4, -0.2) is 4.98 Å². The van der Waals surface area contributed by atoms with Gasteiger partial charge < -0.3 is 0 Å². The Bertz CT molecular complexity index is 339. The zero-order valence-corrected chi connectivity index (χ0v) is 12.8. The predicted molar refractivity (Wildman–Crippen MR) is 82.9 cm³/mol. The van der Waals surface area contributed by atoms with Crippen molar-refractivity contribution in [3.63, 3.8) is 0 Å². The van der Waals surface area contributed by atoms with Gasteiger partial charge in [0.05, 0.1) is 6.20 Å². The van der Waals surface area contributed by atoms with Crippen LogP contribution < -0.4 is 4.57 Å². The molecule has 0 fully saturated rings. The second-order valence-corrected chi connectivity index (χ2v) is 5.45. The zero-order chi connectivity index (χ0) is 13.8. The molecular weight excluding hydrogens is 232 g/mol. The third-order valence-corrected chi connectivity index (χ3v) is 3.66. The highest BCUT2D eigenvalue weighted by Gasteiger charge is 1.98. The van der Waals surface area contributed by atoms with Gasteiger partial charge in [-0.25, -0.2) is 9.55 Å². The van der Waals surface area contributed by atoms with Crippen molar-refractivity contribution in [3.8, 4) is 0 Å². The number of aromatic amines is 1. The van der Waals surface area contributed by atoms with Crippen LogP contribution in [0, 0.1) is 6.92 Å². The van der Waals surface area contributed by atoms with E-state index in [0.717, 1.165) is 0 Å². The van der Waals surface area contributed by atoms with Crippen LogP contribution >= 0.6 is 0 Å². The van der Waals surface area contributed by atoms with E-state index in [2.05, 4.69) is 41.9 Å². The number of aromatic nitrogens is 2. The molecule has 2 heteroatoms. The molecule has 0 spiro atoms. The summed E-state index contributed by atoms with van der Waals surface area (Å²) in [5.74, 6) is 1.18. The summed E-state index contributed by atoms with van der Waals surface area (Å²) in [6, 6.07) is 0. The van der Waals surface area contributed by atoms with Crippen molar-refractivity contribution >= 4 is 6.20 Å². The Morgan fingerprint density at radius 1 is 1.00 bits per heavy atom. The molecule has 1 heterocycles. The van der Waals surface area contributed by atoms with Gasteiger partial charge in [0, 0.05) is 6.92 Å². The fourth-order valence-electron chi connectivity index (χ4n) is 2.35. The van der Waals surface area contributed by atoms with Crippen molar-refractivity contribution in [2.24, 2.45) is 0 Å². The molecule has 0 aliphatic carbocycles. The summed E-state index contributed by atoms with van der Waals surface area (Å²) >= 11 is 0. The summed E-state index contributed by atoms with van der Waals surface area (Å²) in [7, 11) is 0. The monoisotopic (exact) mass is 263 g/mol. The Morgan fingerprint density at radius 3 is 2.21 bits per heavy atom. The lowest BCUT2D eigenvalue weighted by molar-refractivity contribution is -0.574. The molecule has 0 atom stereocenters. The lowest BCUT2D eigenvalue weighted by Gasteiger charge is -2.00. The van der Waals surface area contributed by atoms with Gasteiger partial charge >= 0.3 is 0 Å². The molecule has 0 aliphatic rings. The maximum absolute atomic E-state index is 3.17. The molecule has 2 nitrogen and oxygen atoms in total. The van der Waals surface area contributed by atoms with Gasteiger partial charge in [-0.05, 0) is 18.9 Å². The van der Waals surface area contributed by atoms with E-state index < -0.39 is 0 Å². The average Bonchev–Trinajstić information content (AvgIpc) is 2.82. The van der Waals surface area contributed by atoms with Crippen LogP contribution in [0.5, 0.6) is 0 Å². The Hall–Kier alpha value is -1.05. The van der Waals surface area contributed by atoms with Crippen LogP contribution in [0.25, 0.3) is 6.20 Å². The van der Waals surface area contributed by atoms with Gasteiger partial charge in [-0.2, -0.15) is 0 Å². The minimum Gasteiger partial charge on any atom is -0.247 e. The summed E-state index contributed by atoms with van der Waals surface area (Å²) in [5, 5.41) is 0. The van der Waals surface area contributed by atoms with Crippen molar-refractivity contribution in [2.75, 3.05) is 0 Å². The van der Waals surface area contributed by atoms with Crippen LogP contribution in [0.1, 0.15) is 77.0 Å². The molecule has 1 N–H and O–H groups in total. The number of hydrogen-bond acceptors (Lipinski definition) is 0. The van der Waals surface area contributed by atoms with Crippen LogP contribution in [0.2, 0.25) is 0 Å². The molecule has 0 unspecified atom stereocenters. The fourth-order valence-corrected chi connectivity index (χ4v) is 2.35. The highest BCUT2D eigenvalue weighted by molar-refractivity contribution is 5.06. The van der Waals surface area contributed by atoms with E-state index in [1.54, 1.807) is 0 Å². The molecular formula is C17H31N2+. The van der Waals surface area contributed by atoms with Crippen LogP contribution in [-0.2, 0) is 0 Å². The first-order chi connectivity index (χ1) is 9.34. The Labute approximate surface area is 118 Å². The normalized spacial score (nSPS) is 11.5. The topological polar surface area (TPSA) is 19.7 Å². The first-order valence-corrected chi connectivity index (χ1v) is 8.06. The van der Waals surface area contributed by atoms with Gasteiger partial charge in [-0.15, -0.1) is 0 Å². The summed E-state index contributed by atoms with van der Waals surface area (Å²) in [6.07, 6.45) is 22.3. The number of allylic oxidation sites excluding steroid dienone is 1. The molecule has 1 aromatic rings. The smallest absolute Gasteiger partial charge is 0.247 e. The molecule has 0 saturated heterocycles. The van der Waals surface area contributed by atoms with Gasteiger partial charge in [0.25, 0.3) is 5.82 Å². The fraction of sp³-hybridized carbons (Fsp3) is 0.706. The number of nitrogens with one attached hydrogen (secondary N) is 1. The molecule has 108 valence electrons. The molecule has 0 saturated carbocycles. The Morgan fingerprint density at radius 2 is 1.63 bits per heavy atom. The van der Waals surface area contributed by atoms with Gasteiger partial charge in [-0.3, -0.25) is 0 Å². The second-order valence-electron chi connectivity index (χ2n) is 5.45. The van der Waals surface area contributed by atoms with Gasteiger partial charge in [0.2, 0.25) is 0 Å². The third kappa shape index (κ3) is 7.86. The minimum atomic E-state index is 1.18. The third-order valence-electron chi connectivity index (χ3n) is 3.66. The number of rotatable bonds is 11. The first-order valence-electron chi connectivity index (χ1n) is 8.06. The summed E-state index contributed by atoms with van der Waals surface area (Å²) in [6.45, 7) is 4.36. The maximum Gasteiger partial charge on any atom is 0.255 e.